The standard InChI is InChI=1S/C25H19F8N3O3/c26-16-3-1-2-12(20(16)27)10-39-14-6-13(7-14)24(38)34-9-11-4-5-15(25(31,32)33)19(21(11)28)23-35-17(22(29)30)8-18(37)36-23/h1-5,8,13-14,22H,6-7,9-10H2,(H,34,38)(H,35,36,37). The van der Waals surface area contributed by atoms with E-state index in [9.17, 15) is 40.3 Å². The number of amides is 1. The molecule has 4 rings (SSSR count). The first-order valence-electron chi connectivity index (χ1n) is 11.5. The molecule has 39 heavy (non-hydrogen) atoms. The minimum Gasteiger partial charge on any atom is -0.373 e. The minimum atomic E-state index is -5.12. The van der Waals surface area contributed by atoms with Crippen molar-refractivity contribution in [3.05, 3.63) is 86.6 Å². The van der Waals surface area contributed by atoms with Gasteiger partial charge in [-0.1, -0.05) is 18.2 Å². The number of aromatic nitrogens is 2. The first-order valence-corrected chi connectivity index (χ1v) is 11.5. The highest BCUT2D eigenvalue weighted by molar-refractivity contribution is 5.79. The van der Waals surface area contributed by atoms with E-state index < -0.39 is 88.3 Å². The number of aromatic amines is 1. The summed E-state index contributed by atoms with van der Waals surface area (Å²) in [6.07, 6.45) is -8.41. The van der Waals surface area contributed by atoms with E-state index in [1.54, 1.807) is 0 Å². The Morgan fingerprint density at radius 2 is 1.79 bits per heavy atom. The summed E-state index contributed by atoms with van der Waals surface area (Å²) in [4.78, 5) is 29.3. The van der Waals surface area contributed by atoms with Gasteiger partial charge in [0.25, 0.3) is 12.0 Å². The zero-order chi connectivity index (χ0) is 28.5. The van der Waals surface area contributed by atoms with E-state index in [4.69, 9.17) is 4.74 Å². The molecule has 1 aliphatic rings. The maximum atomic E-state index is 15.3. The summed E-state index contributed by atoms with van der Waals surface area (Å²) < 4.78 is 115. The fourth-order valence-corrected chi connectivity index (χ4v) is 4.04. The largest absolute Gasteiger partial charge is 0.417 e. The summed E-state index contributed by atoms with van der Waals surface area (Å²) in [7, 11) is 0. The molecular weight excluding hydrogens is 542 g/mol. The molecule has 0 bridgehead atoms. The van der Waals surface area contributed by atoms with Crippen LogP contribution in [-0.2, 0) is 28.9 Å². The fraction of sp³-hybridized carbons (Fsp3) is 0.320. The zero-order valence-corrected chi connectivity index (χ0v) is 19.7. The number of H-pyrrole nitrogens is 1. The number of alkyl halides is 5. The van der Waals surface area contributed by atoms with Crippen LogP contribution >= 0.6 is 0 Å². The molecule has 1 fully saturated rings. The lowest BCUT2D eigenvalue weighted by atomic mass is 9.81. The van der Waals surface area contributed by atoms with Gasteiger partial charge in [0.2, 0.25) is 5.91 Å². The lowest BCUT2D eigenvalue weighted by Crippen LogP contribution is -2.42. The van der Waals surface area contributed by atoms with Gasteiger partial charge in [-0.3, -0.25) is 9.59 Å². The molecule has 0 radical (unpaired) electrons. The van der Waals surface area contributed by atoms with Crippen LogP contribution < -0.4 is 10.9 Å². The summed E-state index contributed by atoms with van der Waals surface area (Å²) in [6.45, 7) is -0.768. The number of carbonyl (C=O) groups is 1. The smallest absolute Gasteiger partial charge is 0.373 e. The summed E-state index contributed by atoms with van der Waals surface area (Å²) in [5, 5.41) is 2.39. The van der Waals surface area contributed by atoms with Gasteiger partial charge in [-0.25, -0.2) is 26.9 Å². The highest BCUT2D eigenvalue weighted by Crippen LogP contribution is 2.39. The molecule has 0 atom stereocenters. The molecule has 3 aromatic rings. The number of rotatable bonds is 8. The predicted octanol–water partition coefficient (Wildman–Crippen LogP) is 5.42. The van der Waals surface area contributed by atoms with Gasteiger partial charge in [0.15, 0.2) is 11.6 Å². The second kappa shape index (κ2) is 11.1. The van der Waals surface area contributed by atoms with Crippen LogP contribution in [0.2, 0.25) is 0 Å². The van der Waals surface area contributed by atoms with Gasteiger partial charge in [0.05, 0.1) is 23.8 Å². The SMILES string of the molecule is O=C(NCc1ccc(C(F)(F)F)c(-c2nc(C(F)F)cc(=O)[nH]2)c1F)C1CC(OCc2cccc(F)c2F)C1. The number of nitrogens with one attached hydrogen (secondary N) is 2. The van der Waals surface area contributed by atoms with Crippen molar-refractivity contribution < 1.29 is 44.7 Å². The third-order valence-electron chi connectivity index (χ3n) is 6.17. The zero-order valence-electron chi connectivity index (χ0n) is 19.7. The van der Waals surface area contributed by atoms with Crippen molar-refractivity contribution in [1.29, 1.82) is 0 Å². The highest BCUT2D eigenvalue weighted by Gasteiger charge is 2.38. The van der Waals surface area contributed by atoms with Gasteiger partial charge in [-0.15, -0.1) is 0 Å². The molecule has 208 valence electrons. The van der Waals surface area contributed by atoms with Crippen LogP contribution in [0.5, 0.6) is 0 Å². The summed E-state index contributed by atoms with van der Waals surface area (Å²) in [5.41, 5.74) is -5.55. The number of benzene rings is 2. The molecule has 0 spiro atoms. The van der Waals surface area contributed by atoms with Crippen LogP contribution in [0.4, 0.5) is 35.1 Å². The Labute approximate surface area is 215 Å². The molecule has 2 N–H and O–H groups in total. The Hall–Kier alpha value is -3.81. The van der Waals surface area contributed by atoms with Crippen molar-refractivity contribution >= 4 is 5.91 Å². The second-order valence-corrected chi connectivity index (χ2v) is 8.81. The summed E-state index contributed by atoms with van der Waals surface area (Å²) in [5.74, 6) is -5.74. The van der Waals surface area contributed by atoms with Crippen LogP contribution in [0.15, 0.2) is 41.2 Å². The van der Waals surface area contributed by atoms with Gasteiger partial charge in [0.1, 0.15) is 17.3 Å². The molecule has 6 nitrogen and oxygen atoms in total. The Bertz CT molecular complexity index is 1440. The topological polar surface area (TPSA) is 84.1 Å². The van der Waals surface area contributed by atoms with E-state index in [0.717, 1.165) is 12.1 Å². The third-order valence-corrected chi connectivity index (χ3v) is 6.17. The molecular formula is C25H19F8N3O3. The van der Waals surface area contributed by atoms with Crippen molar-refractivity contribution in [3.8, 4) is 11.4 Å². The fourth-order valence-electron chi connectivity index (χ4n) is 4.04. The molecule has 0 saturated heterocycles. The summed E-state index contributed by atoms with van der Waals surface area (Å²) in [6, 6.07) is 5.28. The molecule has 2 aromatic carbocycles. The maximum Gasteiger partial charge on any atom is 0.417 e. The Balaban J connectivity index is 1.44. The molecule has 1 saturated carbocycles. The Kier molecular flexibility index (Phi) is 8.04. The number of carbonyl (C=O) groups excluding carboxylic acids is 1. The molecule has 14 heteroatoms. The van der Waals surface area contributed by atoms with Crippen molar-refractivity contribution in [1.82, 2.24) is 15.3 Å². The number of hydrogen-bond acceptors (Lipinski definition) is 4. The number of hydrogen-bond donors (Lipinski definition) is 2. The van der Waals surface area contributed by atoms with E-state index in [1.807, 2.05) is 4.98 Å². The first kappa shape index (κ1) is 28.2. The highest BCUT2D eigenvalue weighted by atomic mass is 19.4. The maximum absolute atomic E-state index is 15.3. The molecule has 1 aromatic heterocycles. The van der Waals surface area contributed by atoms with Gasteiger partial charge >= 0.3 is 6.18 Å². The molecule has 0 unspecified atom stereocenters. The van der Waals surface area contributed by atoms with Crippen molar-refractivity contribution in [3.63, 3.8) is 0 Å². The van der Waals surface area contributed by atoms with Crippen LogP contribution in [0.3, 0.4) is 0 Å². The van der Waals surface area contributed by atoms with E-state index in [1.165, 1.54) is 12.1 Å². The average Bonchev–Trinajstić information content (AvgIpc) is 2.83. The van der Waals surface area contributed by atoms with E-state index in [-0.39, 0.29) is 25.0 Å². The molecule has 1 amide bonds. The number of nitrogens with zero attached hydrogens (tertiary/aromatic N) is 1. The van der Waals surface area contributed by atoms with Crippen molar-refractivity contribution in [2.24, 2.45) is 5.92 Å². The average molecular weight is 561 g/mol. The second-order valence-electron chi connectivity index (χ2n) is 8.81. The van der Waals surface area contributed by atoms with Crippen LogP contribution in [0.1, 0.15) is 41.7 Å². The molecule has 0 aliphatic heterocycles. The number of halogens is 8. The first-order chi connectivity index (χ1) is 18.3. The van der Waals surface area contributed by atoms with Crippen LogP contribution in [0, 0.1) is 23.4 Å². The van der Waals surface area contributed by atoms with Crippen molar-refractivity contribution in [2.75, 3.05) is 0 Å². The number of ether oxygens (including phenoxy) is 1. The van der Waals surface area contributed by atoms with Gasteiger partial charge in [-0.05, 0) is 25.0 Å². The summed E-state index contributed by atoms with van der Waals surface area (Å²) >= 11 is 0. The predicted molar refractivity (Wildman–Crippen MR) is 120 cm³/mol. The van der Waals surface area contributed by atoms with Crippen LogP contribution in [0.25, 0.3) is 11.4 Å². The van der Waals surface area contributed by atoms with E-state index >= 15 is 4.39 Å². The van der Waals surface area contributed by atoms with Gasteiger partial charge in [-0.2, -0.15) is 13.2 Å². The van der Waals surface area contributed by atoms with E-state index in [0.29, 0.717) is 12.1 Å². The molecule has 1 heterocycles. The lowest BCUT2D eigenvalue weighted by molar-refractivity contribution is -0.137. The normalized spacial score (nSPS) is 17.3. The lowest BCUT2D eigenvalue weighted by Gasteiger charge is -2.34. The Morgan fingerprint density at radius 1 is 1.08 bits per heavy atom. The molecule has 1 aliphatic carbocycles. The van der Waals surface area contributed by atoms with Gasteiger partial charge in [0, 0.05) is 29.7 Å². The minimum absolute atomic E-state index is 0.00593. The van der Waals surface area contributed by atoms with Crippen LogP contribution in [-0.4, -0.2) is 22.0 Å². The van der Waals surface area contributed by atoms with Crippen molar-refractivity contribution in [2.45, 2.75) is 44.7 Å². The van der Waals surface area contributed by atoms with E-state index in [2.05, 4.69) is 10.3 Å². The third kappa shape index (κ3) is 6.27. The van der Waals surface area contributed by atoms with Gasteiger partial charge < -0.3 is 15.0 Å². The quantitative estimate of drug-likeness (QED) is 0.360. The Morgan fingerprint density at radius 3 is 2.46 bits per heavy atom. The monoisotopic (exact) mass is 561 g/mol.